The lowest BCUT2D eigenvalue weighted by Crippen LogP contribution is -2.13. The molecule has 1 aliphatic heterocycles. The number of nitrogens with zero attached hydrogens (tertiary/aromatic N) is 4. The summed E-state index contributed by atoms with van der Waals surface area (Å²) < 4.78 is 13.1. The van der Waals surface area contributed by atoms with Crippen LogP contribution in [0.1, 0.15) is 16.7 Å². The molecule has 0 saturated heterocycles. The Morgan fingerprint density at radius 1 is 1.14 bits per heavy atom. The van der Waals surface area contributed by atoms with Gasteiger partial charge < -0.3 is 14.5 Å². The van der Waals surface area contributed by atoms with E-state index in [2.05, 4.69) is 27.3 Å². The van der Waals surface area contributed by atoms with Crippen LogP contribution in [0.2, 0.25) is 0 Å². The van der Waals surface area contributed by atoms with E-state index in [1.54, 1.807) is 6.07 Å². The standard InChI is InChI=1S/C26H21N5O4S/c1-16-5-4-6-19(9-16)30-25(22-12-27-23-8-3-2-7-21(22)23)28-29-26(30)36-14-18-11-20(31(32)33)10-17-13-34-15-35-24(17)18/h2-12,27H,13-15H2,1H3. The number of aryl methyl sites for hydroxylation is 1. The van der Waals surface area contributed by atoms with Gasteiger partial charge in [-0.25, -0.2) is 0 Å². The van der Waals surface area contributed by atoms with E-state index >= 15 is 0 Å². The van der Waals surface area contributed by atoms with Crippen LogP contribution in [0.5, 0.6) is 5.75 Å². The van der Waals surface area contributed by atoms with Crippen LogP contribution in [0, 0.1) is 17.0 Å². The van der Waals surface area contributed by atoms with Crippen molar-refractivity contribution in [2.45, 2.75) is 24.4 Å². The number of rotatable bonds is 6. The first-order chi connectivity index (χ1) is 17.6. The maximum Gasteiger partial charge on any atom is 0.270 e. The number of nitrogens with one attached hydrogen (secondary N) is 1. The van der Waals surface area contributed by atoms with Crippen molar-refractivity contribution >= 4 is 28.4 Å². The van der Waals surface area contributed by atoms with Crippen LogP contribution in [0.15, 0.2) is 72.0 Å². The van der Waals surface area contributed by atoms with Gasteiger partial charge in [-0.3, -0.25) is 14.7 Å². The van der Waals surface area contributed by atoms with Gasteiger partial charge in [-0.2, -0.15) is 0 Å². The Kier molecular flexibility index (Phi) is 5.67. The SMILES string of the molecule is Cc1cccc(-n2c(SCc3cc([N+](=O)[O-])cc4c3OCOC4)nnc2-c2c[nH]c3ccccc23)c1. The fraction of sp³-hybridized carbons (Fsp3) is 0.154. The van der Waals surface area contributed by atoms with Crippen molar-refractivity contribution in [3.8, 4) is 22.8 Å². The van der Waals surface area contributed by atoms with Crippen LogP contribution in [0.4, 0.5) is 5.69 Å². The molecule has 0 aliphatic carbocycles. The summed E-state index contributed by atoms with van der Waals surface area (Å²) in [6, 6.07) is 19.3. The highest BCUT2D eigenvalue weighted by Crippen LogP contribution is 2.38. The second-order valence-corrected chi connectivity index (χ2v) is 9.42. The summed E-state index contributed by atoms with van der Waals surface area (Å²) in [6.45, 7) is 2.44. The second kappa shape index (κ2) is 9.14. The minimum Gasteiger partial charge on any atom is -0.467 e. The predicted octanol–water partition coefficient (Wildman–Crippen LogP) is 5.79. The molecule has 1 N–H and O–H groups in total. The number of para-hydroxylation sites is 1. The molecule has 10 heteroatoms. The fourth-order valence-electron chi connectivity index (χ4n) is 4.43. The summed E-state index contributed by atoms with van der Waals surface area (Å²) in [5.41, 5.74) is 5.42. The lowest BCUT2D eigenvalue weighted by Gasteiger charge is -2.20. The monoisotopic (exact) mass is 499 g/mol. The molecule has 36 heavy (non-hydrogen) atoms. The Balaban J connectivity index is 1.43. The summed E-state index contributed by atoms with van der Waals surface area (Å²) in [7, 11) is 0. The van der Waals surface area contributed by atoms with Crippen molar-refractivity contribution in [3.05, 3.63) is 93.7 Å². The largest absolute Gasteiger partial charge is 0.467 e. The van der Waals surface area contributed by atoms with Crippen molar-refractivity contribution in [1.82, 2.24) is 19.7 Å². The molecule has 5 aromatic rings. The van der Waals surface area contributed by atoms with Gasteiger partial charge in [0, 0.05) is 57.4 Å². The summed E-state index contributed by atoms with van der Waals surface area (Å²) >= 11 is 1.45. The van der Waals surface area contributed by atoms with E-state index < -0.39 is 4.92 Å². The minimum absolute atomic E-state index is 0.0121. The van der Waals surface area contributed by atoms with Gasteiger partial charge in [0.25, 0.3) is 5.69 Å². The second-order valence-electron chi connectivity index (χ2n) is 8.48. The summed E-state index contributed by atoms with van der Waals surface area (Å²) in [4.78, 5) is 14.4. The number of ether oxygens (including phenoxy) is 2. The zero-order valence-corrected chi connectivity index (χ0v) is 20.1. The topological polar surface area (TPSA) is 108 Å². The molecule has 0 bridgehead atoms. The van der Waals surface area contributed by atoms with Crippen LogP contribution in [-0.4, -0.2) is 31.5 Å². The fourth-order valence-corrected chi connectivity index (χ4v) is 5.35. The van der Waals surface area contributed by atoms with Crippen molar-refractivity contribution in [2.24, 2.45) is 0 Å². The quantitative estimate of drug-likeness (QED) is 0.179. The van der Waals surface area contributed by atoms with E-state index in [0.717, 1.165) is 33.3 Å². The first-order valence-corrected chi connectivity index (χ1v) is 12.3. The van der Waals surface area contributed by atoms with E-state index in [9.17, 15) is 10.1 Å². The lowest BCUT2D eigenvalue weighted by atomic mass is 10.1. The Hall–Kier alpha value is -4.15. The molecule has 0 amide bonds. The highest BCUT2D eigenvalue weighted by Gasteiger charge is 2.23. The normalized spacial score (nSPS) is 12.9. The zero-order chi connectivity index (χ0) is 24.6. The van der Waals surface area contributed by atoms with Crippen LogP contribution >= 0.6 is 11.8 Å². The Morgan fingerprint density at radius 3 is 2.89 bits per heavy atom. The Morgan fingerprint density at radius 2 is 2.03 bits per heavy atom. The predicted molar refractivity (Wildman–Crippen MR) is 136 cm³/mol. The van der Waals surface area contributed by atoms with Crippen LogP contribution < -0.4 is 4.74 Å². The Labute approximate surface area is 210 Å². The molecule has 9 nitrogen and oxygen atoms in total. The number of aromatic nitrogens is 4. The summed E-state index contributed by atoms with van der Waals surface area (Å²) in [5.74, 6) is 1.77. The van der Waals surface area contributed by atoms with Crippen molar-refractivity contribution in [1.29, 1.82) is 0 Å². The number of fused-ring (bicyclic) bond motifs is 2. The molecule has 0 unspecified atom stereocenters. The highest BCUT2D eigenvalue weighted by atomic mass is 32.2. The average Bonchev–Trinajstić information content (AvgIpc) is 3.51. The molecule has 0 fully saturated rings. The van der Waals surface area contributed by atoms with Crippen LogP contribution in [-0.2, 0) is 17.1 Å². The van der Waals surface area contributed by atoms with E-state index in [0.29, 0.717) is 28.0 Å². The number of non-ortho nitro benzene ring substituents is 1. The van der Waals surface area contributed by atoms with Gasteiger partial charge in [0.1, 0.15) is 5.75 Å². The first-order valence-electron chi connectivity index (χ1n) is 11.3. The molecule has 1 aliphatic rings. The number of H-pyrrole nitrogens is 1. The molecule has 3 aromatic carbocycles. The van der Waals surface area contributed by atoms with Crippen molar-refractivity contribution in [3.63, 3.8) is 0 Å². The van der Waals surface area contributed by atoms with E-state index in [1.165, 1.54) is 17.8 Å². The van der Waals surface area contributed by atoms with Gasteiger partial charge in [-0.15, -0.1) is 10.2 Å². The number of nitro benzene ring substituents is 1. The van der Waals surface area contributed by atoms with Gasteiger partial charge in [-0.05, 0) is 30.7 Å². The van der Waals surface area contributed by atoms with Crippen LogP contribution in [0.3, 0.4) is 0 Å². The molecule has 0 saturated carbocycles. The molecule has 2 aromatic heterocycles. The maximum atomic E-state index is 11.5. The molecule has 180 valence electrons. The summed E-state index contributed by atoms with van der Waals surface area (Å²) in [5, 5.41) is 22.3. The van der Waals surface area contributed by atoms with Crippen molar-refractivity contribution < 1.29 is 14.4 Å². The number of hydrogen-bond donors (Lipinski definition) is 1. The number of hydrogen-bond acceptors (Lipinski definition) is 7. The van der Waals surface area contributed by atoms with E-state index in [-0.39, 0.29) is 19.1 Å². The number of nitro groups is 1. The van der Waals surface area contributed by atoms with Crippen LogP contribution in [0.25, 0.3) is 28.0 Å². The summed E-state index contributed by atoms with van der Waals surface area (Å²) in [6.07, 6.45) is 1.94. The van der Waals surface area contributed by atoms with Gasteiger partial charge in [0.15, 0.2) is 17.8 Å². The molecule has 3 heterocycles. The average molecular weight is 500 g/mol. The first kappa shape index (κ1) is 22.3. The van der Waals surface area contributed by atoms with E-state index in [1.807, 2.05) is 54.1 Å². The van der Waals surface area contributed by atoms with Gasteiger partial charge >= 0.3 is 0 Å². The molecule has 6 rings (SSSR count). The smallest absolute Gasteiger partial charge is 0.270 e. The molecule has 0 atom stereocenters. The third-order valence-corrected chi connectivity index (χ3v) is 7.04. The molecular weight excluding hydrogens is 478 g/mol. The lowest BCUT2D eigenvalue weighted by molar-refractivity contribution is -0.385. The Bertz CT molecular complexity index is 1610. The number of benzene rings is 3. The molecular formula is C26H21N5O4S. The third-order valence-electron chi connectivity index (χ3n) is 6.06. The minimum atomic E-state index is -0.395. The van der Waals surface area contributed by atoms with Gasteiger partial charge in [0.05, 0.1) is 11.5 Å². The van der Waals surface area contributed by atoms with Gasteiger partial charge in [0.2, 0.25) is 0 Å². The molecule has 0 spiro atoms. The third kappa shape index (κ3) is 4.00. The highest BCUT2D eigenvalue weighted by molar-refractivity contribution is 7.98. The maximum absolute atomic E-state index is 11.5. The van der Waals surface area contributed by atoms with Gasteiger partial charge in [-0.1, -0.05) is 42.1 Å². The molecule has 0 radical (unpaired) electrons. The van der Waals surface area contributed by atoms with E-state index in [4.69, 9.17) is 9.47 Å². The number of thioether (sulfide) groups is 1. The van der Waals surface area contributed by atoms with Crippen molar-refractivity contribution in [2.75, 3.05) is 6.79 Å². The zero-order valence-electron chi connectivity index (χ0n) is 19.3. The number of aromatic amines is 1.